The van der Waals surface area contributed by atoms with Gasteiger partial charge in [-0.1, -0.05) is 30.7 Å². The molecule has 0 fully saturated rings. The van der Waals surface area contributed by atoms with E-state index in [0.717, 1.165) is 24.2 Å². The molecule has 0 aliphatic heterocycles. The van der Waals surface area contributed by atoms with Gasteiger partial charge in [0.05, 0.1) is 11.3 Å². The zero-order chi connectivity index (χ0) is 15.2. The molecule has 2 N–H and O–H groups in total. The summed E-state index contributed by atoms with van der Waals surface area (Å²) < 4.78 is 13.6. The van der Waals surface area contributed by atoms with Crippen LogP contribution in [-0.2, 0) is 0 Å². The normalized spacial score (nSPS) is 10.2. The Labute approximate surface area is 124 Å². The highest BCUT2D eigenvalue weighted by atomic mass is 19.1. The van der Waals surface area contributed by atoms with Gasteiger partial charge in [-0.05, 0) is 37.6 Å². The van der Waals surface area contributed by atoms with Gasteiger partial charge in [0.2, 0.25) is 0 Å². The summed E-state index contributed by atoms with van der Waals surface area (Å²) in [5.74, 6) is -0.760. The number of aryl methyl sites for hydroxylation is 1. The van der Waals surface area contributed by atoms with Gasteiger partial charge in [-0.3, -0.25) is 4.79 Å². The first-order valence-corrected chi connectivity index (χ1v) is 7.02. The Kier molecular flexibility index (Phi) is 4.93. The van der Waals surface area contributed by atoms with E-state index in [9.17, 15) is 9.18 Å². The van der Waals surface area contributed by atoms with Gasteiger partial charge in [0.15, 0.2) is 0 Å². The van der Waals surface area contributed by atoms with Crippen LogP contribution in [0.25, 0.3) is 0 Å². The smallest absolute Gasteiger partial charge is 0.257 e. The lowest BCUT2D eigenvalue weighted by molar-refractivity contribution is 0.102. The minimum atomic E-state index is -0.443. The number of halogens is 1. The molecule has 0 saturated carbocycles. The first-order chi connectivity index (χ1) is 10.1. The Morgan fingerprint density at radius 2 is 1.90 bits per heavy atom. The van der Waals surface area contributed by atoms with Gasteiger partial charge in [-0.15, -0.1) is 0 Å². The molecule has 2 aromatic rings. The first-order valence-electron chi connectivity index (χ1n) is 7.02. The second-order valence-electron chi connectivity index (χ2n) is 4.91. The van der Waals surface area contributed by atoms with Gasteiger partial charge in [-0.25, -0.2) is 4.39 Å². The second kappa shape index (κ2) is 6.88. The van der Waals surface area contributed by atoms with Crippen LogP contribution in [0, 0.1) is 12.7 Å². The molecule has 2 aromatic carbocycles. The van der Waals surface area contributed by atoms with Gasteiger partial charge < -0.3 is 10.6 Å². The van der Waals surface area contributed by atoms with Crippen molar-refractivity contribution in [3.8, 4) is 0 Å². The summed E-state index contributed by atoms with van der Waals surface area (Å²) in [6.07, 6.45) is 0.961. The number of hydrogen-bond donors (Lipinski definition) is 2. The third kappa shape index (κ3) is 3.81. The molecular formula is C17H19FN2O. The molecule has 1 amide bonds. The van der Waals surface area contributed by atoms with Crippen LogP contribution in [0.15, 0.2) is 42.5 Å². The summed E-state index contributed by atoms with van der Waals surface area (Å²) in [7, 11) is 0. The fourth-order valence-corrected chi connectivity index (χ4v) is 2.01. The number of para-hydroxylation sites is 1. The number of hydrogen-bond acceptors (Lipinski definition) is 2. The van der Waals surface area contributed by atoms with Crippen molar-refractivity contribution in [2.75, 3.05) is 17.2 Å². The maximum Gasteiger partial charge on any atom is 0.257 e. The minimum absolute atomic E-state index is 0.186. The van der Waals surface area contributed by atoms with E-state index in [2.05, 4.69) is 17.6 Å². The van der Waals surface area contributed by atoms with Crippen molar-refractivity contribution in [1.82, 2.24) is 0 Å². The Bertz CT molecular complexity index is 640. The third-order valence-corrected chi connectivity index (χ3v) is 3.11. The monoisotopic (exact) mass is 286 g/mol. The number of rotatable bonds is 5. The van der Waals surface area contributed by atoms with Gasteiger partial charge in [0.25, 0.3) is 5.91 Å². The zero-order valence-corrected chi connectivity index (χ0v) is 12.2. The van der Waals surface area contributed by atoms with Crippen molar-refractivity contribution in [3.63, 3.8) is 0 Å². The van der Waals surface area contributed by atoms with E-state index in [-0.39, 0.29) is 11.6 Å². The number of nitrogens with one attached hydrogen (secondary N) is 2. The standard InChI is InChI=1S/C17H19FN2O/c1-3-10-19-15-9-8-12(2)11-13(15)17(21)20-16-7-5-4-6-14(16)18/h4-9,11,19H,3,10H2,1-2H3,(H,20,21). The van der Waals surface area contributed by atoms with E-state index >= 15 is 0 Å². The van der Waals surface area contributed by atoms with Crippen LogP contribution in [0.5, 0.6) is 0 Å². The highest BCUT2D eigenvalue weighted by Crippen LogP contribution is 2.20. The Morgan fingerprint density at radius 1 is 1.14 bits per heavy atom. The topological polar surface area (TPSA) is 41.1 Å². The van der Waals surface area contributed by atoms with E-state index < -0.39 is 5.82 Å². The van der Waals surface area contributed by atoms with Crippen LogP contribution in [-0.4, -0.2) is 12.5 Å². The van der Waals surface area contributed by atoms with E-state index in [1.807, 2.05) is 19.1 Å². The van der Waals surface area contributed by atoms with E-state index in [0.29, 0.717) is 5.56 Å². The van der Waals surface area contributed by atoms with Crippen LogP contribution >= 0.6 is 0 Å². The molecule has 0 aliphatic rings. The van der Waals surface area contributed by atoms with Crippen LogP contribution in [0.2, 0.25) is 0 Å². The summed E-state index contributed by atoms with van der Waals surface area (Å²) >= 11 is 0. The quantitative estimate of drug-likeness (QED) is 0.864. The minimum Gasteiger partial charge on any atom is -0.384 e. The fourth-order valence-electron chi connectivity index (χ4n) is 2.01. The molecule has 0 aromatic heterocycles. The van der Waals surface area contributed by atoms with Crippen molar-refractivity contribution in [2.24, 2.45) is 0 Å². The lowest BCUT2D eigenvalue weighted by Crippen LogP contribution is -2.16. The number of amides is 1. The predicted molar refractivity (Wildman–Crippen MR) is 84.3 cm³/mol. The van der Waals surface area contributed by atoms with Crippen LogP contribution in [0.1, 0.15) is 29.3 Å². The molecule has 0 spiro atoms. The maximum absolute atomic E-state index is 13.6. The number of carbonyl (C=O) groups is 1. The second-order valence-corrected chi connectivity index (χ2v) is 4.91. The van der Waals surface area contributed by atoms with Crippen molar-refractivity contribution in [3.05, 3.63) is 59.4 Å². The molecule has 2 rings (SSSR count). The Balaban J connectivity index is 2.25. The first kappa shape index (κ1) is 15.0. The number of anilines is 2. The lowest BCUT2D eigenvalue weighted by Gasteiger charge is -2.13. The fraction of sp³-hybridized carbons (Fsp3) is 0.235. The molecule has 0 atom stereocenters. The SMILES string of the molecule is CCCNc1ccc(C)cc1C(=O)Nc1ccccc1F. The van der Waals surface area contributed by atoms with Gasteiger partial charge in [-0.2, -0.15) is 0 Å². The van der Waals surface area contributed by atoms with Gasteiger partial charge in [0.1, 0.15) is 5.82 Å². The molecule has 3 nitrogen and oxygen atoms in total. The van der Waals surface area contributed by atoms with Crippen LogP contribution in [0.4, 0.5) is 15.8 Å². The Hall–Kier alpha value is -2.36. The molecule has 0 saturated heterocycles. The highest BCUT2D eigenvalue weighted by molar-refractivity contribution is 6.08. The van der Waals surface area contributed by atoms with Crippen LogP contribution in [0.3, 0.4) is 0 Å². The van der Waals surface area contributed by atoms with Crippen molar-refractivity contribution >= 4 is 17.3 Å². The molecule has 0 aliphatic carbocycles. The maximum atomic E-state index is 13.6. The molecule has 4 heteroatoms. The molecule has 110 valence electrons. The number of carbonyl (C=O) groups excluding carboxylic acids is 1. The van der Waals surface area contributed by atoms with Crippen molar-refractivity contribution < 1.29 is 9.18 Å². The summed E-state index contributed by atoms with van der Waals surface area (Å²) in [4.78, 5) is 12.4. The molecule has 21 heavy (non-hydrogen) atoms. The average molecular weight is 286 g/mol. The predicted octanol–water partition coefficient (Wildman–Crippen LogP) is 4.21. The van der Waals surface area contributed by atoms with Crippen molar-refractivity contribution in [2.45, 2.75) is 20.3 Å². The average Bonchev–Trinajstić information content (AvgIpc) is 2.48. The van der Waals surface area contributed by atoms with Gasteiger partial charge >= 0.3 is 0 Å². The van der Waals surface area contributed by atoms with E-state index in [4.69, 9.17) is 0 Å². The summed E-state index contributed by atoms with van der Waals surface area (Å²) in [5.41, 5.74) is 2.45. The Morgan fingerprint density at radius 3 is 2.62 bits per heavy atom. The molecule has 0 radical (unpaired) electrons. The number of benzene rings is 2. The summed E-state index contributed by atoms with van der Waals surface area (Å²) in [6.45, 7) is 4.76. The summed E-state index contributed by atoms with van der Waals surface area (Å²) in [6, 6.07) is 11.8. The molecule has 0 bridgehead atoms. The van der Waals surface area contributed by atoms with Crippen LogP contribution < -0.4 is 10.6 Å². The largest absolute Gasteiger partial charge is 0.384 e. The van der Waals surface area contributed by atoms with E-state index in [1.165, 1.54) is 6.07 Å². The molecule has 0 unspecified atom stereocenters. The molecular weight excluding hydrogens is 267 g/mol. The third-order valence-electron chi connectivity index (χ3n) is 3.11. The van der Waals surface area contributed by atoms with Crippen molar-refractivity contribution in [1.29, 1.82) is 0 Å². The van der Waals surface area contributed by atoms with E-state index in [1.54, 1.807) is 24.3 Å². The summed E-state index contributed by atoms with van der Waals surface area (Å²) in [5, 5.41) is 5.83. The highest BCUT2D eigenvalue weighted by Gasteiger charge is 2.13. The lowest BCUT2D eigenvalue weighted by atomic mass is 10.1. The van der Waals surface area contributed by atoms with Gasteiger partial charge in [0, 0.05) is 12.2 Å². The zero-order valence-electron chi connectivity index (χ0n) is 12.2. The molecule has 0 heterocycles.